The van der Waals surface area contributed by atoms with Crippen LogP contribution in [-0.4, -0.2) is 16.1 Å². The van der Waals surface area contributed by atoms with E-state index in [-0.39, 0.29) is 0 Å². The third-order valence-corrected chi connectivity index (χ3v) is 4.30. The van der Waals surface area contributed by atoms with E-state index in [1.165, 1.54) is 11.3 Å². The molecule has 0 saturated heterocycles. The number of hydrogen-bond acceptors (Lipinski definition) is 3. The standard InChI is InChI=1S/C18H22N2O/c1-3-18(21)16-11-10-15(12-19-16)20-13(2)8-9-14-6-4-5-7-17(14)20/h4-7,10-13,18,21H,3,8-9H2,1-2H3/t13?,18-/m0/s1. The van der Waals surface area contributed by atoms with Crippen LogP contribution in [0.25, 0.3) is 0 Å². The van der Waals surface area contributed by atoms with Crippen molar-refractivity contribution >= 4 is 11.4 Å². The maximum atomic E-state index is 9.86. The molecular weight excluding hydrogens is 260 g/mol. The van der Waals surface area contributed by atoms with E-state index in [1.807, 2.05) is 19.2 Å². The van der Waals surface area contributed by atoms with Crippen molar-refractivity contribution in [3.05, 3.63) is 53.9 Å². The first kappa shape index (κ1) is 14.1. The van der Waals surface area contributed by atoms with Crippen molar-refractivity contribution in [1.29, 1.82) is 0 Å². The van der Waals surface area contributed by atoms with Crippen LogP contribution in [0.5, 0.6) is 0 Å². The van der Waals surface area contributed by atoms with E-state index in [0.29, 0.717) is 12.5 Å². The Morgan fingerprint density at radius 3 is 2.81 bits per heavy atom. The summed E-state index contributed by atoms with van der Waals surface area (Å²) in [6.45, 7) is 4.22. The lowest BCUT2D eigenvalue weighted by Gasteiger charge is -2.37. The Hall–Kier alpha value is -1.87. The number of aromatic nitrogens is 1. The van der Waals surface area contributed by atoms with E-state index >= 15 is 0 Å². The molecular formula is C18H22N2O. The topological polar surface area (TPSA) is 36.4 Å². The fourth-order valence-corrected chi connectivity index (χ4v) is 3.03. The third kappa shape index (κ3) is 2.66. The summed E-state index contributed by atoms with van der Waals surface area (Å²) in [5.41, 5.74) is 4.52. The number of rotatable bonds is 3. The molecule has 110 valence electrons. The van der Waals surface area contributed by atoms with Gasteiger partial charge in [-0.15, -0.1) is 0 Å². The highest BCUT2D eigenvalue weighted by molar-refractivity contribution is 5.68. The minimum Gasteiger partial charge on any atom is -0.387 e. The van der Waals surface area contributed by atoms with Gasteiger partial charge in [-0.2, -0.15) is 0 Å². The van der Waals surface area contributed by atoms with Gasteiger partial charge >= 0.3 is 0 Å². The average molecular weight is 282 g/mol. The molecule has 2 heterocycles. The Kier molecular flexibility index (Phi) is 3.93. The summed E-state index contributed by atoms with van der Waals surface area (Å²) in [5.74, 6) is 0. The van der Waals surface area contributed by atoms with E-state index in [4.69, 9.17) is 0 Å². The highest BCUT2D eigenvalue weighted by Gasteiger charge is 2.24. The molecule has 0 saturated carbocycles. The summed E-state index contributed by atoms with van der Waals surface area (Å²) in [5, 5.41) is 9.86. The van der Waals surface area contributed by atoms with Gasteiger partial charge in [-0.1, -0.05) is 25.1 Å². The number of anilines is 2. The Bertz CT molecular complexity index is 609. The average Bonchev–Trinajstić information content (AvgIpc) is 2.54. The van der Waals surface area contributed by atoms with Crippen LogP contribution < -0.4 is 4.90 Å². The minimum atomic E-state index is -0.467. The number of nitrogens with zero attached hydrogens (tertiary/aromatic N) is 2. The summed E-state index contributed by atoms with van der Waals surface area (Å²) in [6, 6.07) is 13.0. The number of benzene rings is 1. The van der Waals surface area contributed by atoms with Crippen LogP contribution in [-0.2, 0) is 6.42 Å². The smallest absolute Gasteiger partial charge is 0.0957 e. The van der Waals surface area contributed by atoms with Crippen LogP contribution in [0.1, 0.15) is 44.1 Å². The second kappa shape index (κ2) is 5.86. The van der Waals surface area contributed by atoms with Crippen LogP contribution in [0.4, 0.5) is 11.4 Å². The molecule has 1 aromatic heterocycles. The van der Waals surface area contributed by atoms with Crippen molar-refractivity contribution in [2.24, 2.45) is 0 Å². The molecule has 3 nitrogen and oxygen atoms in total. The largest absolute Gasteiger partial charge is 0.387 e. The number of para-hydroxylation sites is 1. The maximum absolute atomic E-state index is 9.86. The van der Waals surface area contributed by atoms with Crippen molar-refractivity contribution < 1.29 is 5.11 Å². The van der Waals surface area contributed by atoms with Gasteiger partial charge in [0.2, 0.25) is 0 Å². The summed E-state index contributed by atoms with van der Waals surface area (Å²) >= 11 is 0. The second-order valence-corrected chi connectivity index (χ2v) is 5.75. The van der Waals surface area contributed by atoms with E-state index in [0.717, 1.165) is 24.2 Å². The van der Waals surface area contributed by atoms with Crippen molar-refractivity contribution in [3.63, 3.8) is 0 Å². The highest BCUT2D eigenvalue weighted by atomic mass is 16.3. The number of pyridine rings is 1. The van der Waals surface area contributed by atoms with Gasteiger partial charge in [0.15, 0.2) is 0 Å². The van der Waals surface area contributed by atoms with Gasteiger partial charge in [-0.3, -0.25) is 4.98 Å². The Morgan fingerprint density at radius 2 is 2.10 bits per heavy atom. The Labute approximate surface area is 126 Å². The molecule has 2 aromatic rings. The van der Waals surface area contributed by atoms with Crippen molar-refractivity contribution in [2.45, 2.75) is 45.3 Å². The molecule has 1 aromatic carbocycles. The van der Waals surface area contributed by atoms with Crippen LogP contribution in [0, 0.1) is 0 Å². The maximum Gasteiger partial charge on any atom is 0.0957 e. The summed E-state index contributed by atoms with van der Waals surface area (Å²) < 4.78 is 0. The molecule has 21 heavy (non-hydrogen) atoms. The predicted molar refractivity (Wildman–Crippen MR) is 85.9 cm³/mol. The van der Waals surface area contributed by atoms with Gasteiger partial charge in [0.1, 0.15) is 0 Å². The van der Waals surface area contributed by atoms with Crippen LogP contribution in [0.15, 0.2) is 42.6 Å². The Balaban J connectivity index is 1.96. The second-order valence-electron chi connectivity index (χ2n) is 5.75. The molecule has 3 rings (SSSR count). The SMILES string of the molecule is CC[C@H](O)c1ccc(N2c3ccccc3CCC2C)cn1. The fourth-order valence-electron chi connectivity index (χ4n) is 3.03. The van der Waals surface area contributed by atoms with Gasteiger partial charge in [-0.25, -0.2) is 0 Å². The molecule has 0 aliphatic carbocycles. The van der Waals surface area contributed by atoms with Crippen LogP contribution in [0.3, 0.4) is 0 Å². The Morgan fingerprint density at radius 1 is 1.29 bits per heavy atom. The van der Waals surface area contributed by atoms with E-state index < -0.39 is 6.10 Å². The molecule has 0 spiro atoms. The molecule has 0 amide bonds. The van der Waals surface area contributed by atoms with Crippen molar-refractivity contribution in [1.82, 2.24) is 4.98 Å². The third-order valence-electron chi connectivity index (χ3n) is 4.30. The molecule has 2 atom stereocenters. The van der Waals surface area contributed by atoms with Gasteiger partial charge in [0.05, 0.1) is 23.7 Å². The zero-order valence-corrected chi connectivity index (χ0v) is 12.7. The zero-order valence-electron chi connectivity index (χ0n) is 12.7. The quantitative estimate of drug-likeness (QED) is 0.924. The first-order valence-corrected chi connectivity index (χ1v) is 7.72. The number of hydrogen-bond donors (Lipinski definition) is 1. The lowest BCUT2D eigenvalue weighted by atomic mass is 9.96. The van der Waals surface area contributed by atoms with Crippen LogP contribution >= 0.6 is 0 Å². The fraction of sp³-hybridized carbons (Fsp3) is 0.389. The molecule has 3 heteroatoms. The number of aryl methyl sites for hydroxylation is 1. The normalized spacial score (nSPS) is 19.2. The van der Waals surface area contributed by atoms with Gasteiger partial charge in [0, 0.05) is 11.7 Å². The van der Waals surface area contributed by atoms with Gasteiger partial charge in [-0.05, 0) is 49.9 Å². The molecule has 1 N–H and O–H groups in total. The summed E-state index contributed by atoms with van der Waals surface area (Å²) in [4.78, 5) is 6.80. The first-order valence-electron chi connectivity index (χ1n) is 7.72. The van der Waals surface area contributed by atoms with E-state index in [9.17, 15) is 5.11 Å². The monoisotopic (exact) mass is 282 g/mol. The lowest BCUT2D eigenvalue weighted by molar-refractivity contribution is 0.169. The molecule has 0 fully saturated rings. The van der Waals surface area contributed by atoms with E-state index in [2.05, 4.69) is 47.1 Å². The highest BCUT2D eigenvalue weighted by Crippen LogP contribution is 2.36. The lowest BCUT2D eigenvalue weighted by Crippen LogP contribution is -2.33. The van der Waals surface area contributed by atoms with Gasteiger partial charge < -0.3 is 10.0 Å². The van der Waals surface area contributed by atoms with Crippen LogP contribution in [0.2, 0.25) is 0 Å². The predicted octanol–water partition coefficient (Wildman–Crippen LogP) is 4.00. The number of fused-ring (bicyclic) bond motifs is 1. The number of aliphatic hydroxyl groups excluding tert-OH is 1. The first-order chi connectivity index (χ1) is 10.2. The molecule has 1 aliphatic heterocycles. The van der Waals surface area contributed by atoms with E-state index in [1.54, 1.807) is 0 Å². The molecule has 1 aliphatic rings. The van der Waals surface area contributed by atoms with Crippen molar-refractivity contribution in [3.8, 4) is 0 Å². The molecule has 0 bridgehead atoms. The molecule has 0 radical (unpaired) electrons. The molecule has 1 unspecified atom stereocenters. The van der Waals surface area contributed by atoms with Gasteiger partial charge in [0.25, 0.3) is 0 Å². The summed E-state index contributed by atoms with van der Waals surface area (Å²) in [7, 11) is 0. The summed E-state index contributed by atoms with van der Waals surface area (Å²) in [6.07, 6.45) is 4.39. The zero-order chi connectivity index (χ0) is 14.8. The number of aliphatic hydroxyl groups is 1. The minimum absolute atomic E-state index is 0.462. The van der Waals surface area contributed by atoms with Crippen molar-refractivity contribution in [2.75, 3.05) is 4.90 Å².